The first-order valence-electron chi connectivity index (χ1n) is 4.78. The molecule has 0 radical (unpaired) electrons. The van der Waals surface area contributed by atoms with Gasteiger partial charge in [-0.25, -0.2) is 0 Å². The Kier molecular flexibility index (Phi) is 4.51. The van der Waals surface area contributed by atoms with Crippen LogP contribution in [0.4, 0.5) is 4.39 Å². The number of halogens is 2. The lowest BCUT2D eigenvalue weighted by atomic mass is 9.90. The molecule has 0 aromatic rings. The molecule has 74 valence electrons. The van der Waals surface area contributed by atoms with Crippen LogP contribution >= 0.6 is 11.6 Å². The molecule has 0 bridgehead atoms. The fourth-order valence-corrected chi connectivity index (χ4v) is 1.72. The van der Waals surface area contributed by atoms with Gasteiger partial charge in [-0.2, -0.15) is 0 Å². The van der Waals surface area contributed by atoms with Gasteiger partial charge < -0.3 is 0 Å². The third-order valence-electron chi connectivity index (χ3n) is 2.53. The molecular formula is C11H16ClF. The van der Waals surface area contributed by atoms with Crippen molar-refractivity contribution in [3.05, 3.63) is 23.8 Å². The van der Waals surface area contributed by atoms with Gasteiger partial charge >= 0.3 is 0 Å². The second-order valence-electron chi connectivity index (χ2n) is 3.59. The van der Waals surface area contributed by atoms with Crippen LogP contribution in [0, 0.1) is 11.8 Å². The minimum atomic E-state index is -0.231. The van der Waals surface area contributed by atoms with E-state index in [0.717, 1.165) is 6.42 Å². The molecule has 2 atom stereocenters. The molecule has 0 saturated carbocycles. The van der Waals surface area contributed by atoms with E-state index in [0.29, 0.717) is 24.1 Å². The highest BCUT2D eigenvalue weighted by Crippen LogP contribution is 2.24. The van der Waals surface area contributed by atoms with Gasteiger partial charge in [0.25, 0.3) is 0 Å². The number of allylic oxidation sites excluding steroid dienone is 4. The summed E-state index contributed by atoms with van der Waals surface area (Å²) in [5.41, 5.74) is 1.26. The molecule has 0 spiro atoms. The number of rotatable bonds is 4. The van der Waals surface area contributed by atoms with Gasteiger partial charge in [0.1, 0.15) is 0 Å². The lowest BCUT2D eigenvalue weighted by molar-refractivity contribution is 0.431. The largest absolute Gasteiger partial charge is 0.251 e. The average molecular weight is 203 g/mol. The summed E-state index contributed by atoms with van der Waals surface area (Å²) in [6, 6.07) is 0. The highest BCUT2D eigenvalue weighted by Gasteiger charge is 2.11. The summed E-state index contributed by atoms with van der Waals surface area (Å²) < 4.78 is 12.1. The molecule has 0 heterocycles. The van der Waals surface area contributed by atoms with Gasteiger partial charge in [0.15, 0.2) is 0 Å². The summed E-state index contributed by atoms with van der Waals surface area (Å²) in [7, 11) is 0. The number of hydrogen-bond acceptors (Lipinski definition) is 0. The zero-order valence-corrected chi connectivity index (χ0v) is 8.73. The van der Waals surface area contributed by atoms with Gasteiger partial charge in [-0.05, 0) is 30.3 Å². The normalized spacial score (nSPS) is 24.2. The highest BCUT2D eigenvalue weighted by molar-refractivity contribution is 6.18. The predicted molar refractivity (Wildman–Crippen MR) is 55.8 cm³/mol. The quantitative estimate of drug-likeness (QED) is 0.610. The van der Waals surface area contributed by atoms with Crippen LogP contribution in [0.3, 0.4) is 0 Å². The van der Waals surface area contributed by atoms with E-state index in [-0.39, 0.29) is 6.67 Å². The van der Waals surface area contributed by atoms with Crippen molar-refractivity contribution in [3.63, 3.8) is 0 Å². The van der Waals surface area contributed by atoms with Crippen LogP contribution in [0.15, 0.2) is 23.8 Å². The molecule has 0 saturated heterocycles. The fraction of sp³-hybridized carbons (Fsp3) is 0.636. The summed E-state index contributed by atoms with van der Waals surface area (Å²) in [6.07, 6.45) is 8.05. The third-order valence-corrected chi connectivity index (χ3v) is 2.92. The van der Waals surface area contributed by atoms with Crippen LogP contribution in [-0.2, 0) is 0 Å². The van der Waals surface area contributed by atoms with Crippen molar-refractivity contribution < 1.29 is 4.39 Å². The first-order chi connectivity index (χ1) is 6.27. The van der Waals surface area contributed by atoms with Crippen LogP contribution in [-0.4, -0.2) is 12.6 Å². The van der Waals surface area contributed by atoms with E-state index in [4.69, 9.17) is 11.6 Å². The molecule has 1 rings (SSSR count). The molecule has 0 aromatic heterocycles. The molecule has 1 aliphatic rings. The van der Waals surface area contributed by atoms with Crippen LogP contribution in [0.25, 0.3) is 0 Å². The van der Waals surface area contributed by atoms with Crippen molar-refractivity contribution >= 4 is 11.6 Å². The minimum absolute atomic E-state index is 0.231. The Labute approximate surface area is 84.5 Å². The van der Waals surface area contributed by atoms with Crippen LogP contribution in [0.5, 0.6) is 0 Å². The third kappa shape index (κ3) is 3.15. The maximum absolute atomic E-state index is 12.1. The minimum Gasteiger partial charge on any atom is -0.251 e. The van der Waals surface area contributed by atoms with Gasteiger partial charge in [0.2, 0.25) is 0 Å². The molecule has 0 aliphatic heterocycles. The van der Waals surface area contributed by atoms with E-state index < -0.39 is 0 Å². The first-order valence-corrected chi connectivity index (χ1v) is 5.31. The maximum Gasteiger partial charge on any atom is 0.0900 e. The lowest BCUT2D eigenvalue weighted by Gasteiger charge is -2.17. The fourth-order valence-electron chi connectivity index (χ4n) is 1.49. The van der Waals surface area contributed by atoms with E-state index in [1.807, 2.05) is 0 Å². The zero-order valence-electron chi connectivity index (χ0n) is 7.97. The van der Waals surface area contributed by atoms with Gasteiger partial charge in [-0.1, -0.05) is 25.2 Å². The first kappa shape index (κ1) is 10.8. The van der Waals surface area contributed by atoms with Crippen molar-refractivity contribution in [1.82, 2.24) is 0 Å². The van der Waals surface area contributed by atoms with Gasteiger partial charge in [0, 0.05) is 5.88 Å². The van der Waals surface area contributed by atoms with Crippen LogP contribution in [0.1, 0.15) is 19.8 Å². The Balaban J connectivity index is 2.46. The Hall–Kier alpha value is -0.300. The predicted octanol–water partition coefficient (Wildman–Crippen LogP) is 3.72. The van der Waals surface area contributed by atoms with Crippen molar-refractivity contribution in [1.29, 1.82) is 0 Å². The summed E-state index contributed by atoms with van der Waals surface area (Å²) in [5, 5.41) is 0. The number of alkyl halides is 2. The molecule has 2 unspecified atom stereocenters. The van der Waals surface area contributed by atoms with Gasteiger partial charge in [-0.15, -0.1) is 11.6 Å². The van der Waals surface area contributed by atoms with E-state index >= 15 is 0 Å². The van der Waals surface area contributed by atoms with Crippen LogP contribution < -0.4 is 0 Å². The van der Waals surface area contributed by atoms with Crippen molar-refractivity contribution in [2.24, 2.45) is 11.8 Å². The molecule has 2 heteroatoms. The second kappa shape index (κ2) is 5.43. The Morgan fingerprint density at radius 2 is 2.46 bits per heavy atom. The summed E-state index contributed by atoms with van der Waals surface area (Å²) in [5.74, 6) is 1.50. The van der Waals surface area contributed by atoms with Gasteiger partial charge in [0.05, 0.1) is 6.67 Å². The number of hydrogen-bond donors (Lipinski definition) is 0. The van der Waals surface area contributed by atoms with Crippen molar-refractivity contribution in [2.75, 3.05) is 12.6 Å². The van der Waals surface area contributed by atoms with E-state index in [1.54, 1.807) is 0 Å². The maximum atomic E-state index is 12.1. The topological polar surface area (TPSA) is 0 Å². The lowest BCUT2D eigenvalue weighted by Crippen LogP contribution is -2.06. The molecule has 0 N–H and O–H groups in total. The molecule has 13 heavy (non-hydrogen) atoms. The summed E-state index contributed by atoms with van der Waals surface area (Å²) >= 11 is 5.73. The van der Waals surface area contributed by atoms with Crippen molar-refractivity contribution in [3.8, 4) is 0 Å². The Morgan fingerprint density at radius 1 is 1.69 bits per heavy atom. The SMILES string of the molecule is CC(CCF)C1=CCC(CCl)C=C1. The average Bonchev–Trinajstić information content (AvgIpc) is 2.18. The zero-order chi connectivity index (χ0) is 9.68. The summed E-state index contributed by atoms with van der Waals surface area (Å²) in [6.45, 7) is 1.84. The molecule has 0 fully saturated rings. The summed E-state index contributed by atoms with van der Waals surface area (Å²) in [4.78, 5) is 0. The van der Waals surface area contributed by atoms with Crippen LogP contribution in [0.2, 0.25) is 0 Å². The van der Waals surface area contributed by atoms with E-state index in [9.17, 15) is 4.39 Å². The Bertz CT molecular complexity index is 208. The molecule has 0 nitrogen and oxygen atoms in total. The van der Waals surface area contributed by atoms with Crippen molar-refractivity contribution in [2.45, 2.75) is 19.8 Å². The molecular weight excluding hydrogens is 187 g/mol. The second-order valence-corrected chi connectivity index (χ2v) is 3.90. The standard InChI is InChI=1S/C11H16ClF/c1-9(6-7-13)11-4-2-10(8-12)3-5-11/h2,4-5,9-10H,3,6-8H2,1H3. The monoisotopic (exact) mass is 202 g/mol. The smallest absolute Gasteiger partial charge is 0.0900 e. The molecule has 1 aliphatic carbocycles. The van der Waals surface area contributed by atoms with E-state index in [2.05, 4.69) is 25.2 Å². The molecule has 0 amide bonds. The van der Waals surface area contributed by atoms with Gasteiger partial charge in [-0.3, -0.25) is 4.39 Å². The molecule has 0 aromatic carbocycles. The Morgan fingerprint density at radius 3 is 2.92 bits per heavy atom. The van der Waals surface area contributed by atoms with E-state index in [1.165, 1.54) is 5.57 Å². The highest BCUT2D eigenvalue weighted by atomic mass is 35.5.